The van der Waals surface area contributed by atoms with E-state index in [4.69, 9.17) is 0 Å². The molecular weight excluding hydrogens is 228 g/mol. The predicted octanol–water partition coefficient (Wildman–Crippen LogP) is 0.626. The van der Waals surface area contributed by atoms with Crippen molar-refractivity contribution in [1.82, 2.24) is 19.6 Å². The highest BCUT2D eigenvalue weighted by Crippen LogP contribution is 2.15. The molecule has 0 aliphatic carbocycles. The first kappa shape index (κ1) is 15.2. The van der Waals surface area contributed by atoms with Gasteiger partial charge >= 0.3 is 6.03 Å². The van der Waals surface area contributed by atoms with Gasteiger partial charge in [-0.1, -0.05) is 13.8 Å². The number of hydrogen-bond acceptors (Lipinski definition) is 3. The number of likely N-dealkylation sites (tertiary alicyclic amines) is 1. The van der Waals surface area contributed by atoms with Gasteiger partial charge in [-0.05, 0) is 7.05 Å². The van der Waals surface area contributed by atoms with Crippen molar-refractivity contribution in [3.8, 4) is 0 Å². The number of piperazine rings is 1. The van der Waals surface area contributed by atoms with Crippen molar-refractivity contribution in [3.63, 3.8) is 0 Å². The quantitative estimate of drug-likeness (QED) is 0.689. The van der Waals surface area contributed by atoms with Crippen LogP contribution in [0.25, 0.3) is 0 Å². The van der Waals surface area contributed by atoms with E-state index >= 15 is 0 Å². The first-order valence-electron chi connectivity index (χ1n) is 6.97. The van der Waals surface area contributed by atoms with Gasteiger partial charge < -0.3 is 14.7 Å². The molecule has 0 spiro atoms. The maximum absolute atomic E-state index is 11.7. The lowest BCUT2D eigenvalue weighted by atomic mass is 10.1. The molecule has 2 heterocycles. The van der Waals surface area contributed by atoms with Gasteiger partial charge in [0.15, 0.2) is 0 Å². The van der Waals surface area contributed by atoms with Gasteiger partial charge in [0, 0.05) is 59.4 Å². The van der Waals surface area contributed by atoms with Crippen LogP contribution < -0.4 is 0 Å². The van der Waals surface area contributed by atoms with Crippen LogP contribution in [0.5, 0.6) is 0 Å². The molecule has 2 saturated heterocycles. The van der Waals surface area contributed by atoms with E-state index in [1.54, 1.807) is 4.90 Å². The number of carbonyl (C=O) groups is 1. The number of nitrogens with zero attached hydrogens (tertiary/aromatic N) is 4. The van der Waals surface area contributed by atoms with Gasteiger partial charge in [0.2, 0.25) is 0 Å². The van der Waals surface area contributed by atoms with Gasteiger partial charge in [0.25, 0.3) is 0 Å². The molecule has 0 aromatic heterocycles. The summed E-state index contributed by atoms with van der Waals surface area (Å²) >= 11 is 0. The minimum absolute atomic E-state index is 0.144. The number of urea groups is 1. The molecule has 0 aromatic rings. The first-order valence-corrected chi connectivity index (χ1v) is 6.97. The van der Waals surface area contributed by atoms with E-state index < -0.39 is 0 Å². The minimum Gasteiger partial charge on any atom is -0.331 e. The van der Waals surface area contributed by atoms with Crippen molar-refractivity contribution in [2.24, 2.45) is 0 Å². The molecule has 18 heavy (non-hydrogen) atoms. The Balaban J connectivity index is 0.000000771. The maximum atomic E-state index is 11.7. The van der Waals surface area contributed by atoms with Crippen molar-refractivity contribution in [2.45, 2.75) is 19.9 Å². The zero-order valence-electron chi connectivity index (χ0n) is 12.5. The molecule has 2 amide bonds. The van der Waals surface area contributed by atoms with E-state index in [1.807, 2.05) is 32.8 Å². The van der Waals surface area contributed by atoms with E-state index in [0.29, 0.717) is 0 Å². The zero-order chi connectivity index (χ0) is 13.7. The third-order valence-electron chi connectivity index (χ3n) is 3.53. The Morgan fingerprint density at radius 2 is 1.56 bits per heavy atom. The summed E-state index contributed by atoms with van der Waals surface area (Å²) in [6.45, 7) is 10.2. The Kier molecular flexibility index (Phi) is 5.88. The molecule has 0 aromatic carbocycles. The largest absolute Gasteiger partial charge is 0.331 e. The van der Waals surface area contributed by atoms with E-state index in [1.165, 1.54) is 13.1 Å². The molecule has 0 atom stereocenters. The molecule has 0 saturated carbocycles. The number of rotatable bonds is 1. The Hall–Kier alpha value is -0.810. The molecule has 2 rings (SSSR count). The number of hydrogen-bond donors (Lipinski definition) is 0. The SMILES string of the molecule is CC.CN1CC(N2CCN(C(=O)N(C)C)CC2)C1. The lowest BCUT2D eigenvalue weighted by Crippen LogP contribution is -2.62. The van der Waals surface area contributed by atoms with E-state index in [-0.39, 0.29) is 6.03 Å². The molecule has 0 bridgehead atoms. The average Bonchev–Trinajstić information content (AvgIpc) is 2.37. The summed E-state index contributed by atoms with van der Waals surface area (Å²) in [5.74, 6) is 0. The van der Waals surface area contributed by atoms with Crippen molar-refractivity contribution < 1.29 is 4.79 Å². The van der Waals surface area contributed by atoms with Crippen LogP contribution in [0, 0.1) is 0 Å². The fourth-order valence-electron chi connectivity index (χ4n) is 2.46. The summed E-state index contributed by atoms with van der Waals surface area (Å²) in [5, 5.41) is 0. The molecule has 2 aliphatic rings. The third kappa shape index (κ3) is 3.59. The fraction of sp³-hybridized carbons (Fsp3) is 0.923. The Bertz CT molecular complexity index is 256. The van der Waals surface area contributed by atoms with Crippen molar-refractivity contribution in [3.05, 3.63) is 0 Å². The fourth-order valence-corrected chi connectivity index (χ4v) is 2.46. The molecule has 2 fully saturated rings. The highest BCUT2D eigenvalue weighted by molar-refractivity contribution is 5.73. The van der Waals surface area contributed by atoms with Crippen LogP contribution in [0.1, 0.15) is 13.8 Å². The Labute approximate surface area is 111 Å². The Morgan fingerprint density at radius 3 is 1.94 bits per heavy atom. The minimum atomic E-state index is 0.144. The second-order valence-corrected chi connectivity index (χ2v) is 5.08. The average molecular weight is 256 g/mol. The summed E-state index contributed by atoms with van der Waals surface area (Å²) in [6, 6.07) is 0.868. The summed E-state index contributed by atoms with van der Waals surface area (Å²) in [7, 11) is 5.79. The molecule has 0 unspecified atom stereocenters. The van der Waals surface area contributed by atoms with Gasteiger partial charge in [-0.25, -0.2) is 4.79 Å². The zero-order valence-corrected chi connectivity index (χ0v) is 12.5. The monoisotopic (exact) mass is 256 g/mol. The summed E-state index contributed by atoms with van der Waals surface area (Å²) in [6.07, 6.45) is 0. The van der Waals surface area contributed by atoms with Gasteiger partial charge in [0.1, 0.15) is 0 Å². The molecule has 106 valence electrons. The lowest BCUT2D eigenvalue weighted by Gasteiger charge is -2.47. The van der Waals surface area contributed by atoms with E-state index in [2.05, 4.69) is 16.8 Å². The molecule has 5 nitrogen and oxygen atoms in total. The number of likely N-dealkylation sites (N-methyl/N-ethyl adjacent to an activating group) is 1. The van der Waals surface area contributed by atoms with E-state index in [0.717, 1.165) is 32.2 Å². The van der Waals surface area contributed by atoms with Crippen LogP contribution in [-0.4, -0.2) is 92.1 Å². The first-order chi connectivity index (χ1) is 8.58. The number of amides is 2. The standard InChI is InChI=1S/C11H22N4O.C2H6/c1-12(2)11(16)15-6-4-14(5-7-15)10-8-13(3)9-10;1-2/h10H,4-9H2,1-3H3;1-2H3. The highest BCUT2D eigenvalue weighted by Gasteiger charge is 2.32. The molecule has 5 heteroatoms. The van der Waals surface area contributed by atoms with Crippen LogP contribution in [0.4, 0.5) is 4.79 Å². The van der Waals surface area contributed by atoms with Crippen LogP contribution in [-0.2, 0) is 0 Å². The number of carbonyl (C=O) groups excluding carboxylic acids is 1. The highest BCUT2D eigenvalue weighted by atomic mass is 16.2. The normalized spacial score (nSPS) is 21.9. The van der Waals surface area contributed by atoms with Gasteiger partial charge in [-0.3, -0.25) is 4.90 Å². The Morgan fingerprint density at radius 1 is 1.06 bits per heavy atom. The van der Waals surface area contributed by atoms with Crippen LogP contribution in [0.3, 0.4) is 0 Å². The van der Waals surface area contributed by atoms with Gasteiger partial charge in [-0.15, -0.1) is 0 Å². The maximum Gasteiger partial charge on any atom is 0.319 e. The summed E-state index contributed by atoms with van der Waals surface area (Å²) in [4.78, 5) is 20.2. The lowest BCUT2D eigenvalue weighted by molar-refractivity contribution is 0.0230. The molecule has 0 radical (unpaired) electrons. The van der Waals surface area contributed by atoms with Crippen LogP contribution in [0.2, 0.25) is 0 Å². The second kappa shape index (κ2) is 6.95. The molecule has 2 aliphatic heterocycles. The van der Waals surface area contributed by atoms with Gasteiger partial charge in [-0.2, -0.15) is 0 Å². The summed E-state index contributed by atoms with van der Waals surface area (Å²) in [5.41, 5.74) is 0. The van der Waals surface area contributed by atoms with Crippen molar-refractivity contribution in [2.75, 3.05) is 60.4 Å². The smallest absolute Gasteiger partial charge is 0.319 e. The summed E-state index contributed by atoms with van der Waals surface area (Å²) < 4.78 is 0. The van der Waals surface area contributed by atoms with Crippen LogP contribution in [0.15, 0.2) is 0 Å². The molecular formula is C13H28N4O. The second-order valence-electron chi connectivity index (χ2n) is 5.08. The predicted molar refractivity (Wildman–Crippen MR) is 74.9 cm³/mol. The van der Waals surface area contributed by atoms with E-state index in [9.17, 15) is 4.79 Å². The van der Waals surface area contributed by atoms with Crippen LogP contribution >= 0.6 is 0 Å². The van der Waals surface area contributed by atoms with Gasteiger partial charge in [0.05, 0.1) is 0 Å². The van der Waals surface area contributed by atoms with Crippen molar-refractivity contribution in [1.29, 1.82) is 0 Å². The molecule has 0 N–H and O–H groups in total. The van der Waals surface area contributed by atoms with Crippen molar-refractivity contribution >= 4 is 6.03 Å². The topological polar surface area (TPSA) is 30.0 Å². The third-order valence-corrected chi connectivity index (χ3v) is 3.53.